The summed E-state index contributed by atoms with van der Waals surface area (Å²) in [5.74, 6) is -1.09. The highest BCUT2D eigenvalue weighted by molar-refractivity contribution is 5.96. The first-order chi connectivity index (χ1) is 14.9. The Hall–Kier alpha value is -4.01. The van der Waals surface area contributed by atoms with Gasteiger partial charge in [0.1, 0.15) is 5.82 Å². The van der Waals surface area contributed by atoms with Crippen LogP contribution in [0.4, 0.5) is 10.1 Å². The van der Waals surface area contributed by atoms with Crippen molar-refractivity contribution in [3.05, 3.63) is 72.0 Å². The third-order valence-corrected chi connectivity index (χ3v) is 4.30. The number of aliphatic carboxylic acids is 1. The molecular formula is C22H20FN3O5. The fourth-order valence-electron chi connectivity index (χ4n) is 2.71. The molecule has 0 fully saturated rings. The number of carbonyl (C=O) groups is 3. The smallest absolute Gasteiger partial charge is 0.305 e. The molecule has 3 rings (SSSR count). The van der Waals surface area contributed by atoms with E-state index in [2.05, 4.69) is 15.6 Å². The molecular weight excluding hydrogens is 405 g/mol. The van der Waals surface area contributed by atoms with Crippen molar-refractivity contribution in [1.82, 2.24) is 10.3 Å². The summed E-state index contributed by atoms with van der Waals surface area (Å²) in [7, 11) is 0. The fourth-order valence-corrected chi connectivity index (χ4v) is 2.71. The molecule has 0 unspecified atom stereocenters. The van der Waals surface area contributed by atoms with Crippen molar-refractivity contribution < 1.29 is 28.3 Å². The molecule has 31 heavy (non-hydrogen) atoms. The Morgan fingerprint density at radius 1 is 1.00 bits per heavy atom. The third kappa shape index (κ3) is 6.49. The molecule has 0 radical (unpaired) electrons. The van der Waals surface area contributed by atoms with Gasteiger partial charge in [-0.2, -0.15) is 0 Å². The van der Waals surface area contributed by atoms with Gasteiger partial charge in [-0.15, -0.1) is 0 Å². The van der Waals surface area contributed by atoms with Crippen molar-refractivity contribution in [2.75, 3.05) is 11.9 Å². The van der Waals surface area contributed by atoms with Crippen molar-refractivity contribution in [2.24, 2.45) is 0 Å². The van der Waals surface area contributed by atoms with Gasteiger partial charge >= 0.3 is 5.97 Å². The molecule has 0 saturated carbocycles. The Morgan fingerprint density at radius 2 is 1.71 bits per heavy atom. The number of halogens is 1. The average molecular weight is 425 g/mol. The zero-order valence-electron chi connectivity index (χ0n) is 16.4. The second-order valence-electron chi connectivity index (χ2n) is 6.65. The molecule has 9 heteroatoms. The van der Waals surface area contributed by atoms with Crippen LogP contribution in [0.2, 0.25) is 0 Å². The van der Waals surface area contributed by atoms with Crippen LogP contribution in [0.5, 0.6) is 0 Å². The first-order valence-corrected chi connectivity index (χ1v) is 9.51. The van der Waals surface area contributed by atoms with E-state index in [0.717, 1.165) is 0 Å². The summed E-state index contributed by atoms with van der Waals surface area (Å²) in [4.78, 5) is 38.7. The average Bonchev–Trinajstić information content (AvgIpc) is 3.22. The number of carboxylic acid groups (broad SMARTS) is 1. The number of rotatable bonds is 9. The van der Waals surface area contributed by atoms with Gasteiger partial charge in [0.2, 0.25) is 5.91 Å². The molecule has 2 amide bonds. The number of anilines is 1. The van der Waals surface area contributed by atoms with Gasteiger partial charge in [0, 0.05) is 36.2 Å². The maximum absolute atomic E-state index is 13.0. The summed E-state index contributed by atoms with van der Waals surface area (Å²) in [6, 6.07) is 12.1. The minimum absolute atomic E-state index is 0.0380. The highest BCUT2D eigenvalue weighted by atomic mass is 19.1. The van der Waals surface area contributed by atoms with Crippen LogP contribution in [-0.4, -0.2) is 34.4 Å². The first kappa shape index (κ1) is 21.7. The van der Waals surface area contributed by atoms with E-state index in [-0.39, 0.29) is 43.4 Å². The molecule has 2 aromatic carbocycles. The number of carbonyl (C=O) groups excluding carboxylic acids is 2. The molecule has 3 N–H and O–H groups in total. The number of aromatic nitrogens is 1. The van der Waals surface area contributed by atoms with Crippen molar-refractivity contribution >= 4 is 23.5 Å². The summed E-state index contributed by atoms with van der Waals surface area (Å²) >= 11 is 0. The Balaban J connectivity index is 1.47. The van der Waals surface area contributed by atoms with E-state index in [0.29, 0.717) is 28.5 Å². The van der Waals surface area contributed by atoms with E-state index >= 15 is 0 Å². The summed E-state index contributed by atoms with van der Waals surface area (Å²) in [5, 5.41) is 13.8. The summed E-state index contributed by atoms with van der Waals surface area (Å²) < 4.78 is 18.6. The molecule has 0 aliphatic carbocycles. The lowest BCUT2D eigenvalue weighted by molar-refractivity contribution is -0.136. The van der Waals surface area contributed by atoms with E-state index < -0.39 is 5.97 Å². The van der Waals surface area contributed by atoms with Gasteiger partial charge in [-0.3, -0.25) is 14.4 Å². The van der Waals surface area contributed by atoms with Crippen LogP contribution >= 0.6 is 0 Å². The van der Waals surface area contributed by atoms with E-state index in [4.69, 9.17) is 9.52 Å². The minimum Gasteiger partial charge on any atom is -0.481 e. The number of oxazole rings is 1. The SMILES string of the molecule is O=C(O)CCNC(=O)c1ccc(NC(=O)CCc2ncc(-c3ccc(F)cc3)o2)cc1. The Morgan fingerprint density at radius 3 is 2.39 bits per heavy atom. The highest BCUT2D eigenvalue weighted by Crippen LogP contribution is 2.21. The first-order valence-electron chi connectivity index (χ1n) is 9.51. The Kier molecular flexibility index (Phi) is 7.10. The van der Waals surface area contributed by atoms with Crippen LogP contribution in [0.1, 0.15) is 29.1 Å². The van der Waals surface area contributed by atoms with Crippen molar-refractivity contribution in [3.63, 3.8) is 0 Å². The molecule has 0 aliphatic heterocycles. The maximum atomic E-state index is 13.0. The standard InChI is InChI=1S/C22H20FN3O5/c23-16-5-1-14(2-6-16)18-13-25-20(31-18)10-9-19(27)26-17-7-3-15(4-8-17)22(30)24-12-11-21(28)29/h1-8,13H,9-12H2,(H,24,30)(H,26,27)(H,28,29). The highest BCUT2D eigenvalue weighted by Gasteiger charge is 2.11. The predicted molar refractivity (Wildman–Crippen MR) is 110 cm³/mol. The molecule has 0 atom stereocenters. The number of amides is 2. The number of nitrogens with zero attached hydrogens (tertiary/aromatic N) is 1. The molecule has 160 valence electrons. The lowest BCUT2D eigenvalue weighted by atomic mass is 10.2. The number of aryl methyl sites for hydroxylation is 1. The van der Waals surface area contributed by atoms with Crippen LogP contribution in [0.25, 0.3) is 11.3 Å². The number of benzene rings is 2. The second-order valence-corrected chi connectivity index (χ2v) is 6.65. The minimum atomic E-state index is -0.991. The van der Waals surface area contributed by atoms with Crippen molar-refractivity contribution in [1.29, 1.82) is 0 Å². The fraction of sp³-hybridized carbons (Fsp3) is 0.182. The predicted octanol–water partition coefficient (Wildman–Crippen LogP) is 3.26. The number of nitrogens with one attached hydrogen (secondary N) is 2. The summed E-state index contributed by atoms with van der Waals surface area (Å²) in [6.07, 6.45) is 1.80. The molecule has 0 bridgehead atoms. The lowest BCUT2D eigenvalue weighted by Gasteiger charge is -2.07. The quantitative estimate of drug-likeness (QED) is 0.484. The number of hydrogen-bond donors (Lipinski definition) is 3. The van der Waals surface area contributed by atoms with Gasteiger partial charge in [-0.05, 0) is 48.5 Å². The van der Waals surface area contributed by atoms with Crippen LogP contribution in [0.3, 0.4) is 0 Å². The normalized spacial score (nSPS) is 10.5. The molecule has 1 heterocycles. The van der Waals surface area contributed by atoms with E-state index in [1.54, 1.807) is 24.3 Å². The van der Waals surface area contributed by atoms with E-state index in [1.165, 1.54) is 30.5 Å². The van der Waals surface area contributed by atoms with Crippen LogP contribution in [0, 0.1) is 5.82 Å². The van der Waals surface area contributed by atoms with E-state index in [9.17, 15) is 18.8 Å². The molecule has 0 aliphatic rings. The summed E-state index contributed by atoms with van der Waals surface area (Å²) in [6.45, 7) is 0.0380. The topological polar surface area (TPSA) is 122 Å². The lowest BCUT2D eigenvalue weighted by Crippen LogP contribution is -2.25. The van der Waals surface area contributed by atoms with Gasteiger partial charge in [-0.25, -0.2) is 9.37 Å². The largest absolute Gasteiger partial charge is 0.481 e. The molecule has 1 aromatic heterocycles. The Labute approximate surface area is 177 Å². The van der Waals surface area contributed by atoms with Gasteiger partial charge in [0.15, 0.2) is 11.7 Å². The second kappa shape index (κ2) is 10.1. The number of hydrogen-bond acceptors (Lipinski definition) is 5. The summed E-state index contributed by atoms with van der Waals surface area (Å²) in [5.41, 5.74) is 1.57. The number of carboxylic acids is 1. The molecule has 3 aromatic rings. The zero-order valence-corrected chi connectivity index (χ0v) is 16.4. The van der Waals surface area contributed by atoms with Crippen LogP contribution < -0.4 is 10.6 Å². The molecule has 8 nitrogen and oxygen atoms in total. The van der Waals surface area contributed by atoms with Crippen LogP contribution in [0.15, 0.2) is 59.1 Å². The van der Waals surface area contributed by atoms with Crippen LogP contribution in [-0.2, 0) is 16.0 Å². The van der Waals surface area contributed by atoms with Gasteiger partial charge in [-0.1, -0.05) is 0 Å². The van der Waals surface area contributed by atoms with Crippen molar-refractivity contribution in [2.45, 2.75) is 19.3 Å². The third-order valence-electron chi connectivity index (χ3n) is 4.30. The zero-order chi connectivity index (χ0) is 22.2. The molecule has 0 saturated heterocycles. The van der Waals surface area contributed by atoms with Gasteiger partial charge in [0.05, 0.1) is 12.6 Å². The maximum Gasteiger partial charge on any atom is 0.305 e. The van der Waals surface area contributed by atoms with Crippen molar-refractivity contribution in [3.8, 4) is 11.3 Å². The van der Waals surface area contributed by atoms with Gasteiger partial charge < -0.3 is 20.2 Å². The monoisotopic (exact) mass is 425 g/mol. The molecule has 0 spiro atoms. The van der Waals surface area contributed by atoms with E-state index in [1.807, 2.05) is 0 Å². The Bertz CT molecular complexity index is 1060. The van der Waals surface area contributed by atoms with Gasteiger partial charge in [0.25, 0.3) is 5.91 Å².